The van der Waals surface area contributed by atoms with E-state index in [1.807, 2.05) is 0 Å². The Bertz CT molecular complexity index is 359. The molecule has 1 heterocycles. The maximum atomic E-state index is 12.1. The number of rotatable bonds is 3. The number of nitrogens with zero attached hydrogens (tertiary/aromatic N) is 2. The van der Waals surface area contributed by atoms with Crippen LogP contribution in [0.4, 0.5) is 13.2 Å². The van der Waals surface area contributed by atoms with Gasteiger partial charge in [0.25, 0.3) is 5.82 Å². The van der Waals surface area contributed by atoms with Crippen LogP contribution < -0.4 is 0 Å². The number of hydrogen-bond acceptors (Lipinski definition) is 4. The number of carbonyl (C=O) groups excluding carboxylic acids is 1. The van der Waals surface area contributed by atoms with Gasteiger partial charge in [-0.3, -0.25) is 4.79 Å². The highest BCUT2D eigenvalue weighted by molar-refractivity contribution is 5.82. The van der Waals surface area contributed by atoms with Gasteiger partial charge in [0.05, 0.1) is 5.92 Å². The van der Waals surface area contributed by atoms with Crippen LogP contribution in [0.5, 0.6) is 0 Å². The van der Waals surface area contributed by atoms with Crippen LogP contribution in [-0.2, 0) is 11.0 Å². The molecule has 1 aromatic rings. The Hall–Kier alpha value is -1.40. The average Bonchev–Trinajstić information content (AvgIpc) is 2.52. The van der Waals surface area contributed by atoms with E-state index in [1.54, 1.807) is 6.92 Å². The Kier molecular flexibility index (Phi) is 3.11. The van der Waals surface area contributed by atoms with Gasteiger partial charge in [0.1, 0.15) is 5.78 Å². The summed E-state index contributed by atoms with van der Waals surface area (Å²) in [7, 11) is 0. The zero-order valence-corrected chi connectivity index (χ0v) is 8.13. The number of ketones is 1. The van der Waals surface area contributed by atoms with Gasteiger partial charge in [0, 0.05) is 0 Å². The molecular weight excluding hydrogens is 213 g/mol. The van der Waals surface area contributed by atoms with Crippen molar-refractivity contribution in [1.29, 1.82) is 0 Å². The van der Waals surface area contributed by atoms with E-state index in [0.29, 0.717) is 6.42 Å². The predicted octanol–water partition coefficient (Wildman–Crippen LogP) is 2.17. The van der Waals surface area contributed by atoms with Crippen LogP contribution in [0.2, 0.25) is 0 Å². The zero-order valence-electron chi connectivity index (χ0n) is 8.13. The fourth-order valence-electron chi connectivity index (χ4n) is 1.13. The lowest BCUT2D eigenvalue weighted by molar-refractivity contribution is -0.146. The normalized spacial score (nSPS) is 13.9. The Labute approximate surface area is 83.5 Å². The van der Waals surface area contributed by atoms with Crippen LogP contribution in [-0.4, -0.2) is 15.9 Å². The number of Topliss-reactive ketones (excluding diaryl/α,β-unsaturated/α-hetero) is 1. The molecule has 0 amide bonds. The van der Waals surface area contributed by atoms with E-state index in [2.05, 4.69) is 14.7 Å². The number of aromatic nitrogens is 2. The minimum atomic E-state index is -4.64. The van der Waals surface area contributed by atoms with Gasteiger partial charge in [0.15, 0.2) is 0 Å². The molecule has 1 aromatic heterocycles. The van der Waals surface area contributed by atoms with Crippen molar-refractivity contribution in [2.24, 2.45) is 0 Å². The van der Waals surface area contributed by atoms with E-state index in [4.69, 9.17) is 0 Å². The summed E-state index contributed by atoms with van der Waals surface area (Å²) in [5, 5.41) is 2.78. The molecule has 0 N–H and O–H groups in total. The van der Waals surface area contributed by atoms with E-state index in [9.17, 15) is 18.0 Å². The molecule has 0 aromatic carbocycles. The molecule has 0 radical (unpaired) electrons. The van der Waals surface area contributed by atoms with Gasteiger partial charge in [-0.15, -0.1) is 0 Å². The largest absolute Gasteiger partial charge is 0.455 e. The van der Waals surface area contributed by atoms with Gasteiger partial charge in [-0.2, -0.15) is 18.2 Å². The lowest BCUT2D eigenvalue weighted by Gasteiger charge is -2.03. The van der Waals surface area contributed by atoms with Gasteiger partial charge in [-0.25, -0.2) is 0 Å². The zero-order chi connectivity index (χ0) is 11.6. The van der Waals surface area contributed by atoms with Gasteiger partial charge >= 0.3 is 6.18 Å². The van der Waals surface area contributed by atoms with Crippen LogP contribution in [0.15, 0.2) is 4.52 Å². The molecule has 0 fully saturated rings. The maximum Gasteiger partial charge on any atom is 0.455 e. The minimum Gasteiger partial charge on any atom is -0.338 e. The Morgan fingerprint density at radius 1 is 1.53 bits per heavy atom. The molecule has 1 unspecified atom stereocenters. The first-order chi connectivity index (χ1) is 6.86. The van der Waals surface area contributed by atoms with Crippen molar-refractivity contribution < 1.29 is 22.5 Å². The molecule has 7 heteroatoms. The first-order valence-electron chi connectivity index (χ1n) is 4.27. The molecular formula is C8H9F3N2O2. The molecule has 0 aliphatic carbocycles. The molecule has 0 saturated heterocycles. The molecule has 0 bridgehead atoms. The number of carbonyl (C=O) groups is 1. The maximum absolute atomic E-state index is 12.1. The van der Waals surface area contributed by atoms with Gasteiger partial charge in [-0.05, 0) is 13.3 Å². The molecule has 0 aliphatic rings. The molecule has 15 heavy (non-hydrogen) atoms. The summed E-state index contributed by atoms with van der Waals surface area (Å²) in [6.07, 6.45) is -4.31. The second-order valence-electron chi connectivity index (χ2n) is 3.03. The molecule has 0 aliphatic heterocycles. The topological polar surface area (TPSA) is 56.0 Å². The summed E-state index contributed by atoms with van der Waals surface area (Å²) in [6.45, 7) is 2.93. The van der Waals surface area contributed by atoms with Crippen LogP contribution in [0.1, 0.15) is 37.9 Å². The Balaban J connectivity index is 2.97. The molecule has 4 nitrogen and oxygen atoms in total. The van der Waals surface area contributed by atoms with E-state index in [1.165, 1.54) is 6.92 Å². The van der Waals surface area contributed by atoms with Gasteiger partial charge < -0.3 is 4.52 Å². The van der Waals surface area contributed by atoms with Crippen molar-refractivity contribution >= 4 is 5.78 Å². The van der Waals surface area contributed by atoms with Crippen molar-refractivity contribution in [1.82, 2.24) is 10.1 Å². The Morgan fingerprint density at radius 2 is 2.13 bits per heavy atom. The van der Waals surface area contributed by atoms with Crippen molar-refractivity contribution in [2.45, 2.75) is 32.4 Å². The third kappa shape index (κ3) is 2.54. The fraction of sp³-hybridized carbons (Fsp3) is 0.625. The van der Waals surface area contributed by atoms with Crippen LogP contribution >= 0.6 is 0 Å². The van der Waals surface area contributed by atoms with Crippen LogP contribution in [0.3, 0.4) is 0 Å². The summed E-state index contributed by atoms with van der Waals surface area (Å²) in [5.74, 6) is -2.68. The quantitative estimate of drug-likeness (QED) is 0.786. The van der Waals surface area contributed by atoms with E-state index >= 15 is 0 Å². The highest BCUT2D eigenvalue weighted by Crippen LogP contribution is 2.28. The number of alkyl halides is 3. The highest BCUT2D eigenvalue weighted by atomic mass is 19.4. The molecule has 1 rings (SSSR count). The summed E-state index contributed by atoms with van der Waals surface area (Å²) < 4.78 is 40.7. The predicted molar refractivity (Wildman–Crippen MR) is 43.0 cm³/mol. The Morgan fingerprint density at radius 3 is 2.47 bits per heavy atom. The summed E-state index contributed by atoms with van der Waals surface area (Å²) in [5.41, 5.74) is 0. The number of hydrogen-bond donors (Lipinski definition) is 0. The smallest absolute Gasteiger partial charge is 0.338 e. The third-order valence-corrected chi connectivity index (χ3v) is 1.89. The van der Waals surface area contributed by atoms with Crippen molar-refractivity contribution in [3.8, 4) is 0 Å². The lowest BCUT2D eigenvalue weighted by Crippen LogP contribution is -2.10. The summed E-state index contributed by atoms with van der Waals surface area (Å²) >= 11 is 0. The number of halogens is 3. The van der Waals surface area contributed by atoms with Crippen LogP contribution in [0.25, 0.3) is 0 Å². The van der Waals surface area contributed by atoms with E-state index < -0.39 is 17.9 Å². The standard InChI is InChI=1S/C8H9F3N2O2/c1-3-5(4(2)14)6-12-7(13-15-6)8(9,10)11/h5H,3H2,1-2H3. The molecule has 0 spiro atoms. The second-order valence-corrected chi connectivity index (χ2v) is 3.03. The van der Waals surface area contributed by atoms with Gasteiger partial charge in [0.2, 0.25) is 5.89 Å². The SMILES string of the molecule is CCC(C(C)=O)c1nc(C(F)(F)F)no1. The van der Waals surface area contributed by atoms with Crippen molar-refractivity contribution in [3.05, 3.63) is 11.7 Å². The van der Waals surface area contributed by atoms with Gasteiger partial charge in [-0.1, -0.05) is 12.1 Å². The average molecular weight is 222 g/mol. The summed E-state index contributed by atoms with van der Waals surface area (Å²) in [6, 6.07) is 0. The van der Waals surface area contributed by atoms with E-state index in [0.717, 1.165) is 0 Å². The third-order valence-electron chi connectivity index (χ3n) is 1.89. The summed E-state index contributed by atoms with van der Waals surface area (Å²) in [4.78, 5) is 14.2. The second kappa shape index (κ2) is 4.00. The minimum absolute atomic E-state index is 0.280. The molecule has 0 saturated carbocycles. The van der Waals surface area contributed by atoms with E-state index in [-0.39, 0.29) is 11.7 Å². The lowest BCUT2D eigenvalue weighted by atomic mass is 10.0. The fourth-order valence-corrected chi connectivity index (χ4v) is 1.13. The van der Waals surface area contributed by atoms with Crippen LogP contribution in [0, 0.1) is 0 Å². The highest BCUT2D eigenvalue weighted by Gasteiger charge is 2.38. The van der Waals surface area contributed by atoms with Crippen molar-refractivity contribution in [3.63, 3.8) is 0 Å². The van der Waals surface area contributed by atoms with Crippen molar-refractivity contribution in [2.75, 3.05) is 0 Å². The first kappa shape index (κ1) is 11.7. The first-order valence-corrected chi connectivity index (χ1v) is 4.27. The molecule has 1 atom stereocenters. The molecule has 84 valence electrons. The monoisotopic (exact) mass is 222 g/mol.